The molecule has 1 saturated heterocycles. The van der Waals surface area contributed by atoms with Crippen LogP contribution in [0.5, 0.6) is 0 Å². The van der Waals surface area contributed by atoms with Crippen LogP contribution in [0.3, 0.4) is 0 Å². The van der Waals surface area contributed by atoms with Gasteiger partial charge in [0.1, 0.15) is 6.54 Å². The second kappa shape index (κ2) is 8.78. The van der Waals surface area contributed by atoms with Crippen LogP contribution >= 0.6 is 28.3 Å². The van der Waals surface area contributed by atoms with Gasteiger partial charge in [-0.25, -0.2) is 0 Å². The number of fused-ring (bicyclic) bond motifs is 1. The average Bonchev–Trinajstić information content (AvgIpc) is 2.80. The SMILES string of the molecule is Cl.O=C(CN1C(=O)c2ccc(Br)cc2C1=O)NCCC1CCCNC1. The number of carbonyl (C=O) groups is 3. The maximum absolute atomic E-state index is 12.3. The van der Waals surface area contributed by atoms with Crippen LogP contribution in [0.4, 0.5) is 0 Å². The van der Waals surface area contributed by atoms with E-state index in [-0.39, 0.29) is 24.9 Å². The van der Waals surface area contributed by atoms with E-state index in [1.165, 1.54) is 12.8 Å². The number of halogens is 2. The summed E-state index contributed by atoms with van der Waals surface area (Å²) in [4.78, 5) is 37.7. The zero-order chi connectivity index (χ0) is 17.1. The number of benzene rings is 1. The largest absolute Gasteiger partial charge is 0.355 e. The van der Waals surface area contributed by atoms with E-state index in [1.807, 2.05) is 0 Å². The summed E-state index contributed by atoms with van der Waals surface area (Å²) in [6.45, 7) is 2.40. The first-order valence-electron chi connectivity index (χ1n) is 8.19. The molecule has 1 aromatic carbocycles. The van der Waals surface area contributed by atoms with E-state index in [4.69, 9.17) is 0 Å². The molecule has 1 aromatic rings. The van der Waals surface area contributed by atoms with E-state index in [2.05, 4.69) is 26.6 Å². The number of amides is 3. The number of piperidine rings is 1. The highest BCUT2D eigenvalue weighted by molar-refractivity contribution is 9.10. The Labute approximate surface area is 161 Å². The molecule has 2 heterocycles. The molecule has 0 saturated carbocycles. The van der Waals surface area contributed by atoms with Crippen molar-refractivity contribution in [2.45, 2.75) is 19.3 Å². The van der Waals surface area contributed by atoms with Crippen molar-refractivity contribution < 1.29 is 14.4 Å². The summed E-state index contributed by atoms with van der Waals surface area (Å²) in [6, 6.07) is 4.93. The molecule has 25 heavy (non-hydrogen) atoms. The summed E-state index contributed by atoms with van der Waals surface area (Å²) in [5, 5.41) is 6.16. The van der Waals surface area contributed by atoms with Gasteiger partial charge in [0.05, 0.1) is 11.1 Å². The first-order valence-corrected chi connectivity index (χ1v) is 8.98. The van der Waals surface area contributed by atoms with E-state index >= 15 is 0 Å². The van der Waals surface area contributed by atoms with Gasteiger partial charge in [-0.1, -0.05) is 15.9 Å². The smallest absolute Gasteiger partial charge is 0.262 e. The molecular weight excluding hydrogens is 410 g/mol. The summed E-state index contributed by atoms with van der Waals surface area (Å²) < 4.78 is 0.731. The summed E-state index contributed by atoms with van der Waals surface area (Å²) >= 11 is 3.29. The molecule has 8 heteroatoms. The van der Waals surface area contributed by atoms with Crippen molar-refractivity contribution in [3.63, 3.8) is 0 Å². The summed E-state index contributed by atoms with van der Waals surface area (Å²) in [5.74, 6) is -0.542. The molecule has 1 atom stereocenters. The molecule has 1 unspecified atom stereocenters. The fourth-order valence-electron chi connectivity index (χ4n) is 3.19. The lowest BCUT2D eigenvalue weighted by molar-refractivity contribution is -0.121. The molecule has 2 N–H and O–H groups in total. The molecule has 0 aromatic heterocycles. The Bertz CT molecular complexity index is 677. The highest BCUT2D eigenvalue weighted by Crippen LogP contribution is 2.25. The number of hydrogen-bond donors (Lipinski definition) is 2. The quantitative estimate of drug-likeness (QED) is 0.700. The molecule has 0 spiro atoms. The lowest BCUT2D eigenvalue weighted by Crippen LogP contribution is -2.41. The highest BCUT2D eigenvalue weighted by Gasteiger charge is 2.36. The topological polar surface area (TPSA) is 78.5 Å². The maximum atomic E-state index is 12.3. The van der Waals surface area contributed by atoms with E-state index in [1.54, 1.807) is 18.2 Å². The van der Waals surface area contributed by atoms with Crippen molar-refractivity contribution in [2.24, 2.45) is 5.92 Å². The standard InChI is InChI=1S/C17H20BrN3O3.ClH/c18-12-3-4-13-14(8-12)17(24)21(16(13)23)10-15(22)20-7-5-11-2-1-6-19-9-11;/h3-4,8,11,19H,1-2,5-7,9-10H2,(H,20,22);1H. The summed E-state index contributed by atoms with van der Waals surface area (Å²) in [6.07, 6.45) is 3.26. The fourth-order valence-corrected chi connectivity index (χ4v) is 3.55. The van der Waals surface area contributed by atoms with Crippen LogP contribution < -0.4 is 10.6 Å². The van der Waals surface area contributed by atoms with Crippen molar-refractivity contribution in [1.82, 2.24) is 15.5 Å². The van der Waals surface area contributed by atoms with Gasteiger partial charge in [0.15, 0.2) is 0 Å². The van der Waals surface area contributed by atoms with Crippen LogP contribution in [0.25, 0.3) is 0 Å². The Kier molecular flexibility index (Phi) is 6.98. The first-order chi connectivity index (χ1) is 11.6. The van der Waals surface area contributed by atoms with Gasteiger partial charge in [0.2, 0.25) is 5.91 Å². The number of nitrogens with zero attached hydrogens (tertiary/aromatic N) is 1. The van der Waals surface area contributed by atoms with E-state index in [0.717, 1.165) is 28.9 Å². The summed E-state index contributed by atoms with van der Waals surface area (Å²) in [7, 11) is 0. The Balaban J connectivity index is 0.00000225. The second-order valence-corrected chi connectivity index (χ2v) is 7.15. The van der Waals surface area contributed by atoms with Gasteiger partial charge >= 0.3 is 0 Å². The molecule has 2 aliphatic rings. The predicted molar refractivity (Wildman–Crippen MR) is 100.0 cm³/mol. The molecule has 1 fully saturated rings. The van der Waals surface area contributed by atoms with Crippen LogP contribution in [-0.2, 0) is 4.79 Å². The number of rotatable bonds is 5. The third-order valence-corrected chi connectivity index (χ3v) is 5.00. The monoisotopic (exact) mass is 429 g/mol. The van der Waals surface area contributed by atoms with E-state index < -0.39 is 11.8 Å². The minimum absolute atomic E-state index is 0. The Morgan fingerprint density at radius 1 is 1.28 bits per heavy atom. The number of hydrogen-bond acceptors (Lipinski definition) is 4. The molecule has 6 nitrogen and oxygen atoms in total. The molecule has 136 valence electrons. The van der Waals surface area contributed by atoms with Gasteiger partial charge in [0, 0.05) is 11.0 Å². The molecule has 0 radical (unpaired) electrons. The first kappa shape index (κ1) is 19.9. The zero-order valence-corrected chi connectivity index (χ0v) is 16.1. The van der Waals surface area contributed by atoms with Gasteiger partial charge in [-0.2, -0.15) is 0 Å². The highest BCUT2D eigenvalue weighted by atomic mass is 79.9. The Hall–Kier alpha value is -1.44. The Morgan fingerprint density at radius 2 is 2.04 bits per heavy atom. The third-order valence-electron chi connectivity index (χ3n) is 4.51. The minimum atomic E-state index is -0.414. The third kappa shape index (κ3) is 4.59. The van der Waals surface area contributed by atoms with Crippen molar-refractivity contribution in [1.29, 1.82) is 0 Å². The second-order valence-electron chi connectivity index (χ2n) is 6.24. The van der Waals surface area contributed by atoms with E-state index in [9.17, 15) is 14.4 Å². The van der Waals surface area contributed by atoms with Crippen LogP contribution in [0, 0.1) is 5.92 Å². The Morgan fingerprint density at radius 3 is 2.76 bits per heavy atom. The average molecular weight is 431 g/mol. The van der Waals surface area contributed by atoms with Gasteiger partial charge < -0.3 is 10.6 Å². The van der Waals surface area contributed by atoms with E-state index in [0.29, 0.717) is 23.6 Å². The van der Waals surface area contributed by atoms with Gasteiger partial charge in [-0.05, 0) is 56.5 Å². The maximum Gasteiger partial charge on any atom is 0.262 e. The fraction of sp³-hybridized carbons (Fsp3) is 0.471. The molecule has 0 bridgehead atoms. The van der Waals surface area contributed by atoms with Crippen LogP contribution in [0.1, 0.15) is 40.0 Å². The van der Waals surface area contributed by atoms with Crippen molar-refractivity contribution in [3.05, 3.63) is 33.8 Å². The molecule has 0 aliphatic carbocycles. The summed E-state index contributed by atoms with van der Waals surface area (Å²) in [5.41, 5.74) is 0.694. The molecule has 3 rings (SSSR count). The zero-order valence-electron chi connectivity index (χ0n) is 13.7. The minimum Gasteiger partial charge on any atom is -0.355 e. The predicted octanol–water partition coefficient (Wildman–Crippen LogP) is 1.97. The van der Waals surface area contributed by atoms with Crippen LogP contribution in [0.15, 0.2) is 22.7 Å². The van der Waals surface area contributed by atoms with Crippen LogP contribution in [0.2, 0.25) is 0 Å². The molecular formula is C17H21BrClN3O3. The number of carbonyl (C=O) groups excluding carboxylic acids is 3. The number of imide groups is 1. The van der Waals surface area contributed by atoms with Gasteiger partial charge in [-0.3, -0.25) is 19.3 Å². The van der Waals surface area contributed by atoms with Crippen LogP contribution in [-0.4, -0.2) is 48.8 Å². The lowest BCUT2D eigenvalue weighted by atomic mass is 9.96. The lowest BCUT2D eigenvalue weighted by Gasteiger charge is -2.22. The van der Waals surface area contributed by atoms with Crippen molar-refractivity contribution in [2.75, 3.05) is 26.2 Å². The van der Waals surface area contributed by atoms with Crippen molar-refractivity contribution in [3.8, 4) is 0 Å². The van der Waals surface area contributed by atoms with Crippen molar-refractivity contribution >= 4 is 46.1 Å². The van der Waals surface area contributed by atoms with Gasteiger partial charge in [-0.15, -0.1) is 12.4 Å². The normalized spacial score (nSPS) is 19.4. The number of nitrogens with one attached hydrogen (secondary N) is 2. The van der Waals surface area contributed by atoms with Gasteiger partial charge in [0.25, 0.3) is 11.8 Å². The molecule has 2 aliphatic heterocycles. The molecule has 3 amide bonds.